The van der Waals surface area contributed by atoms with Gasteiger partial charge in [-0.2, -0.15) is 13.2 Å². The summed E-state index contributed by atoms with van der Waals surface area (Å²) < 4.78 is 58.8. The summed E-state index contributed by atoms with van der Waals surface area (Å²) >= 11 is 0. The van der Waals surface area contributed by atoms with Crippen molar-refractivity contribution in [3.8, 4) is 0 Å². The Morgan fingerprint density at radius 1 is 1.21 bits per heavy atom. The highest BCUT2D eigenvalue weighted by Gasteiger charge is 2.54. The average Bonchev–Trinajstić information content (AvgIpc) is 2.75. The van der Waals surface area contributed by atoms with Crippen LogP contribution in [0.1, 0.15) is 32.4 Å². The SMILES string of the molecule is C=C1CN(C(=O)OC(C)(C)C)[C@@H](c2ccc(F)cc2)[C@H]1C(F)(F)F. The highest BCUT2D eigenvalue weighted by Crippen LogP contribution is 2.48. The van der Waals surface area contributed by atoms with E-state index in [9.17, 15) is 22.4 Å². The van der Waals surface area contributed by atoms with Crippen molar-refractivity contribution in [3.05, 3.63) is 47.8 Å². The molecule has 1 aliphatic rings. The maximum absolute atomic E-state index is 13.5. The summed E-state index contributed by atoms with van der Waals surface area (Å²) in [6.07, 6.45) is -5.43. The van der Waals surface area contributed by atoms with Crippen LogP contribution < -0.4 is 0 Å². The van der Waals surface area contributed by atoms with Gasteiger partial charge in [0.1, 0.15) is 17.3 Å². The number of rotatable bonds is 1. The topological polar surface area (TPSA) is 29.5 Å². The molecule has 0 bridgehead atoms. The molecule has 0 aliphatic carbocycles. The summed E-state index contributed by atoms with van der Waals surface area (Å²) in [7, 11) is 0. The van der Waals surface area contributed by atoms with E-state index in [-0.39, 0.29) is 17.7 Å². The van der Waals surface area contributed by atoms with Gasteiger partial charge in [0.15, 0.2) is 0 Å². The Morgan fingerprint density at radius 2 is 1.75 bits per heavy atom. The second kappa shape index (κ2) is 6.11. The molecule has 0 aromatic heterocycles. The number of likely N-dealkylation sites (tertiary alicyclic amines) is 1. The molecular weight excluding hydrogens is 326 g/mol. The Kier molecular flexibility index (Phi) is 4.65. The van der Waals surface area contributed by atoms with Gasteiger partial charge in [-0.3, -0.25) is 4.90 Å². The molecule has 0 spiro atoms. The van der Waals surface area contributed by atoms with Crippen LogP contribution in [0.4, 0.5) is 22.4 Å². The zero-order valence-corrected chi connectivity index (χ0v) is 13.7. The summed E-state index contributed by atoms with van der Waals surface area (Å²) in [6, 6.07) is 3.30. The van der Waals surface area contributed by atoms with Gasteiger partial charge in [-0.25, -0.2) is 9.18 Å². The summed E-state index contributed by atoms with van der Waals surface area (Å²) in [5.41, 5.74) is -0.784. The van der Waals surface area contributed by atoms with Crippen molar-refractivity contribution in [1.82, 2.24) is 4.90 Å². The monoisotopic (exact) mass is 345 g/mol. The first-order chi connectivity index (χ1) is 10.9. The molecule has 3 nitrogen and oxygen atoms in total. The second-order valence-electron chi connectivity index (χ2n) is 6.78. The van der Waals surface area contributed by atoms with Gasteiger partial charge in [-0.15, -0.1) is 0 Å². The third-order valence-corrected chi connectivity index (χ3v) is 3.66. The molecule has 0 saturated carbocycles. The normalized spacial score (nSPS) is 22.0. The number of ether oxygens (including phenoxy) is 1. The lowest BCUT2D eigenvalue weighted by Gasteiger charge is -2.31. The van der Waals surface area contributed by atoms with E-state index >= 15 is 0 Å². The summed E-state index contributed by atoms with van der Waals surface area (Å²) in [5.74, 6) is -2.49. The lowest BCUT2D eigenvalue weighted by molar-refractivity contribution is -0.171. The minimum absolute atomic E-state index is 0.123. The highest BCUT2D eigenvalue weighted by atomic mass is 19.4. The number of benzene rings is 1. The minimum atomic E-state index is -4.58. The van der Waals surface area contributed by atoms with Crippen LogP contribution in [-0.4, -0.2) is 29.3 Å². The van der Waals surface area contributed by atoms with Gasteiger partial charge in [0.05, 0.1) is 6.04 Å². The van der Waals surface area contributed by atoms with Crippen molar-refractivity contribution in [2.75, 3.05) is 6.54 Å². The van der Waals surface area contributed by atoms with Gasteiger partial charge in [0.25, 0.3) is 0 Å². The molecule has 1 amide bonds. The fourth-order valence-corrected chi connectivity index (χ4v) is 2.76. The van der Waals surface area contributed by atoms with Crippen LogP contribution in [0.15, 0.2) is 36.4 Å². The van der Waals surface area contributed by atoms with Crippen molar-refractivity contribution < 1.29 is 27.1 Å². The molecule has 1 saturated heterocycles. The molecule has 1 aromatic rings. The zero-order valence-electron chi connectivity index (χ0n) is 13.7. The Balaban J connectivity index is 2.44. The zero-order chi connectivity index (χ0) is 18.3. The Hall–Kier alpha value is -2.05. The molecule has 2 atom stereocenters. The van der Waals surface area contributed by atoms with E-state index in [1.54, 1.807) is 20.8 Å². The predicted octanol–water partition coefficient (Wildman–Crippen LogP) is 4.85. The van der Waals surface area contributed by atoms with Crippen LogP contribution in [0, 0.1) is 11.7 Å². The number of hydrogen-bond donors (Lipinski definition) is 0. The van der Waals surface area contributed by atoms with Gasteiger partial charge < -0.3 is 4.74 Å². The van der Waals surface area contributed by atoms with Crippen molar-refractivity contribution in [2.24, 2.45) is 5.92 Å². The molecule has 0 unspecified atom stereocenters. The summed E-state index contributed by atoms with van der Waals surface area (Å²) in [6.45, 7) is 8.10. The fourth-order valence-electron chi connectivity index (χ4n) is 2.76. The quantitative estimate of drug-likeness (QED) is 0.538. The lowest BCUT2D eigenvalue weighted by Crippen LogP contribution is -2.39. The number of nitrogens with zero attached hydrogens (tertiary/aromatic N) is 1. The van der Waals surface area contributed by atoms with E-state index in [1.807, 2.05) is 0 Å². The van der Waals surface area contributed by atoms with Gasteiger partial charge in [-0.05, 0) is 44.0 Å². The van der Waals surface area contributed by atoms with E-state index in [0.717, 1.165) is 17.0 Å². The molecule has 132 valence electrons. The smallest absolute Gasteiger partial charge is 0.411 e. The number of hydrogen-bond acceptors (Lipinski definition) is 2. The first-order valence-corrected chi connectivity index (χ1v) is 7.39. The molecule has 1 aromatic carbocycles. The second-order valence-corrected chi connectivity index (χ2v) is 6.78. The van der Waals surface area contributed by atoms with Gasteiger partial charge in [0.2, 0.25) is 0 Å². The van der Waals surface area contributed by atoms with Gasteiger partial charge >= 0.3 is 12.3 Å². The molecule has 7 heteroatoms. The molecule has 2 rings (SSSR count). The van der Waals surface area contributed by atoms with Gasteiger partial charge in [-0.1, -0.05) is 18.7 Å². The average molecular weight is 345 g/mol. The molecule has 24 heavy (non-hydrogen) atoms. The maximum atomic E-state index is 13.5. The first-order valence-electron chi connectivity index (χ1n) is 7.39. The molecule has 0 radical (unpaired) electrons. The Morgan fingerprint density at radius 3 is 2.21 bits per heavy atom. The van der Waals surface area contributed by atoms with E-state index < -0.39 is 35.6 Å². The van der Waals surface area contributed by atoms with E-state index in [0.29, 0.717) is 0 Å². The van der Waals surface area contributed by atoms with Crippen molar-refractivity contribution >= 4 is 6.09 Å². The maximum Gasteiger partial charge on any atom is 0.411 e. The van der Waals surface area contributed by atoms with E-state index in [2.05, 4.69) is 6.58 Å². The van der Waals surface area contributed by atoms with Crippen LogP contribution in [0.25, 0.3) is 0 Å². The van der Waals surface area contributed by atoms with Crippen LogP contribution in [0.5, 0.6) is 0 Å². The molecule has 1 fully saturated rings. The van der Waals surface area contributed by atoms with Crippen molar-refractivity contribution in [3.63, 3.8) is 0 Å². The Bertz CT molecular complexity index is 631. The van der Waals surface area contributed by atoms with Crippen LogP contribution in [0.2, 0.25) is 0 Å². The minimum Gasteiger partial charge on any atom is -0.444 e. The molecule has 1 heterocycles. The highest BCUT2D eigenvalue weighted by molar-refractivity contribution is 5.70. The van der Waals surface area contributed by atoms with Crippen LogP contribution in [0.3, 0.4) is 0 Å². The van der Waals surface area contributed by atoms with Crippen LogP contribution >= 0.6 is 0 Å². The van der Waals surface area contributed by atoms with Gasteiger partial charge in [0, 0.05) is 6.54 Å². The lowest BCUT2D eigenvalue weighted by atomic mass is 9.91. The summed E-state index contributed by atoms with van der Waals surface area (Å²) in [4.78, 5) is 13.3. The van der Waals surface area contributed by atoms with Crippen molar-refractivity contribution in [1.29, 1.82) is 0 Å². The summed E-state index contributed by atoms with van der Waals surface area (Å²) in [5, 5.41) is 0. The number of halogens is 4. The number of carbonyl (C=O) groups excluding carboxylic acids is 1. The molecule has 1 aliphatic heterocycles. The number of alkyl halides is 3. The van der Waals surface area contributed by atoms with E-state index in [1.165, 1.54) is 12.1 Å². The first kappa shape index (κ1) is 18.3. The Labute approximate surface area is 137 Å². The van der Waals surface area contributed by atoms with E-state index in [4.69, 9.17) is 4.74 Å². The van der Waals surface area contributed by atoms with Crippen molar-refractivity contribution in [2.45, 2.75) is 38.6 Å². The standard InChI is InChI=1S/C17H19F4NO2/c1-10-9-22(15(23)24-16(2,3)4)14(13(10)17(19,20)21)11-5-7-12(18)8-6-11/h5-8,13-14H,1,9H2,2-4H3/t13-,14-/m0/s1. The number of carbonyl (C=O) groups is 1. The third-order valence-electron chi connectivity index (χ3n) is 3.66. The third kappa shape index (κ3) is 3.88. The molecular formula is C17H19F4NO2. The van der Waals surface area contributed by atoms with Crippen LogP contribution in [-0.2, 0) is 4.74 Å². The molecule has 0 N–H and O–H groups in total. The fraction of sp³-hybridized carbons (Fsp3) is 0.471. The largest absolute Gasteiger partial charge is 0.444 e. The number of amides is 1. The predicted molar refractivity (Wildman–Crippen MR) is 80.8 cm³/mol.